The first-order chi connectivity index (χ1) is 8.60. The highest BCUT2D eigenvalue weighted by molar-refractivity contribution is 5.81. The molecule has 4 atom stereocenters. The molecule has 98 valence electrons. The monoisotopic (exact) mass is 252 g/mol. The number of nitriles is 1. The maximum absolute atomic E-state index is 11.6. The van der Waals surface area contributed by atoms with Crippen LogP contribution in [-0.4, -0.2) is 41.8 Å². The van der Waals surface area contributed by atoms with E-state index in [0.717, 1.165) is 12.8 Å². The molecule has 1 aliphatic heterocycles. The van der Waals surface area contributed by atoms with E-state index >= 15 is 0 Å². The zero-order valence-electron chi connectivity index (χ0n) is 10.2. The molecule has 1 amide bonds. The topological polar surface area (TPSA) is 90.6 Å². The van der Waals surface area contributed by atoms with E-state index in [2.05, 4.69) is 10.8 Å². The third-order valence-corrected chi connectivity index (χ3v) is 4.14. The molecule has 0 aromatic rings. The summed E-state index contributed by atoms with van der Waals surface area (Å²) >= 11 is 0. The number of likely N-dealkylation sites (tertiary alicyclic amines) is 1. The Kier molecular flexibility index (Phi) is 3.41. The van der Waals surface area contributed by atoms with Gasteiger partial charge in [0.1, 0.15) is 6.04 Å². The molecular formula is C12H16N2O4. The summed E-state index contributed by atoms with van der Waals surface area (Å²) in [7, 11) is 1.25. The summed E-state index contributed by atoms with van der Waals surface area (Å²) in [5, 5.41) is 18.1. The van der Waals surface area contributed by atoms with Gasteiger partial charge in [-0.05, 0) is 30.6 Å². The van der Waals surface area contributed by atoms with Gasteiger partial charge >= 0.3 is 12.1 Å². The van der Waals surface area contributed by atoms with Crippen molar-refractivity contribution in [3.8, 4) is 6.07 Å². The van der Waals surface area contributed by atoms with Gasteiger partial charge in [0.15, 0.2) is 0 Å². The van der Waals surface area contributed by atoms with Gasteiger partial charge in [0.2, 0.25) is 0 Å². The van der Waals surface area contributed by atoms with Crippen LogP contribution in [0.4, 0.5) is 4.79 Å². The molecule has 1 heterocycles. The first-order valence-electron chi connectivity index (χ1n) is 6.04. The Bertz CT molecular complexity index is 403. The van der Waals surface area contributed by atoms with Gasteiger partial charge in [0.25, 0.3) is 0 Å². The third kappa shape index (κ3) is 1.90. The minimum atomic E-state index is -1.00. The highest BCUT2D eigenvalue weighted by Crippen LogP contribution is 2.47. The van der Waals surface area contributed by atoms with Crippen molar-refractivity contribution in [1.82, 2.24) is 4.90 Å². The van der Waals surface area contributed by atoms with E-state index in [0.29, 0.717) is 13.0 Å². The number of amides is 1. The Morgan fingerprint density at radius 1 is 1.50 bits per heavy atom. The number of nitrogens with zero attached hydrogens (tertiary/aromatic N) is 2. The number of aliphatic carboxylic acids is 1. The van der Waals surface area contributed by atoms with E-state index in [-0.39, 0.29) is 17.8 Å². The van der Waals surface area contributed by atoms with E-state index in [1.807, 2.05) is 0 Å². The molecular weight excluding hydrogens is 236 g/mol. The smallest absolute Gasteiger partial charge is 0.410 e. The number of hydrogen-bond acceptors (Lipinski definition) is 4. The van der Waals surface area contributed by atoms with Gasteiger partial charge in [-0.2, -0.15) is 5.26 Å². The molecule has 0 spiro atoms. The minimum absolute atomic E-state index is 0.0794. The molecule has 1 saturated carbocycles. The van der Waals surface area contributed by atoms with Crippen molar-refractivity contribution in [2.75, 3.05) is 13.7 Å². The van der Waals surface area contributed by atoms with Crippen LogP contribution >= 0.6 is 0 Å². The fraction of sp³-hybridized carbons (Fsp3) is 0.750. The molecule has 2 rings (SSSR count). The van der Waals surface area contributed by atoms with E-state index < -0.39 is 18.1 Å². The Morgan fingerprint density at radius 2 is 2.22 bits per heavy atom. The number of hydrogen-bond donors (Lipinski definition) is 1. The SMILES string of the molecule is COC(=O)N1CC2CCC(CC#N)C2C1C(=O)O. The fourth-order valence-electron chi connectivity index (χ4n) is 3.46. The lowest BCUT2D eigenvalue weighted by Gasteiger charge is -2.25. The summed E-state index contributed by atoms with van der Waals surface area (Å²) in [5.74, 6) is -0.849. The number of fused-ring (bicyclic) bond motifs is 1. The van der Waals surface area contributed by atoms with Crippen molar-refractivity contribution >= 4 is 12.1 Å². The van der Waals surface area contributed by atoms with Crippen LogP contribution in [0.3, 0.4) is 0 Å². The van der Waals surface area contributed by atoms with E-state index in [1.54, 1.807) is 0 Å². The standard InChI is InChI=1S/C12H16N2O4/c1-18-12(17)14-6-8-3-2-7(4-5-13)9(8)10(14)11(15)16/h7-10H,2-4,6H2,1H3,(H,15,16). The zero-order valence-corrected chi connectivity index (χ0v) is 10.2. The molecule has 2 aliphatic rings. The summed E-state index contributed by atoms with van der Waals surface area (Å²) in [5.41, 5.74) is 0. The van der Waals surface area contributed by atoms with Crippen LogP contribution in [0.25, 0.3) is 0 Å². The van der Waals surface area contributed by atoms with Crippen LogP contribution in [-0.2, 0) is 9.53 Å². The molecule has 0 radical (unpaired) electrons. The molecule has 1 aliphatic carbocycles. The Balaban J connectivity index is 2.23. The molecule has 18 heavy (non-hydrogen) atoms. The number of rotatable bonds is 2. The van der Waals surface area contributed by atoms with Crippen LogP contribution in [0.15, 0.2) is 0 Å². The first-order valence-corrected chi connectivity index (χ1v) is 6.04. The maximum Gasteiger partial charge on any atom is 0.410 e. The van der Waals surface area contributed by atoms with Gasteiger partial charge in [-0.15, -0.1) is 0 Å². The van der Waals surface area contributed by atoms with Crippen molar-refractivity contribution in [2.24, 2.45) is 17.8 Å². The largest absolute Gasteiger partial charge is 0.480 e. The number of carboxylic acid groups (broad SMARTS) is 1. The van der Waals surface area contributed by atoms with Crippen LogP contribution in [0.1, 0.15) is 19.3 Å². The lowest BCUT2D eigenvalue weighted by atomic mass is 9.85. The molecule has 4 unspecified atom stereocenters. The molecule has 1 saturated heterocycles. The van der Waals surface area contributed by atoms with Gasteiger partial charge in [0, 0.05) is 13.0 Å². The van der Waals surface area contributed by atoms with Gasteiger partial charge in [-0.1, -0.05) is 0 Å². The first kappa shape index (κ1) is 12.7. The average molecular weight is 252 g/mol. The van der Waals surface area contributed by atoms with E-state index in [9.17, 15) is 14.7 Å². The number of ether oxygens (including phenoxy) is 1. The molecule has 6 heteroatoms. The summed E-state index contributed by atoms with van der Waals surface area (Å²) in [4.78, 5) is 24.3. The molecule has 6 nitrogen and oxygen atoms in total. The number of methoxy groups -OCH3 is 1. The summed E-state index contributed by atoms with van der Waals surface area (Å²) < 4.78 is 4.63. The highest BCUT2D eigenvalue weighted by atomic mass is 16.5. The van der Waals surface area contributed by atoms with Crippen molar-refractivity contribution < 1.29 is 19.4 Å². The predicted octanol–water partition coefficient (Wildman–Crippen LogP) is 1.08. The molecule has 0 aromatic heterocycles. The lowest BCUT2D eigenvalue weighted by molar-refractivity contribution is -0.143. The summed E-state index contributed by atoms with van der Waals surface area (Å²) in [6, 6.07) is 1.27. The molecule has 2 fully saturated rings. The Hall–Kier alpha value is -1.77. The van der Waals surface area contributed by atoms with Gasteiger partial charge < -0.3 is 9.84 Å². The normalized spacial score (nSPS) is 33.9. The second-order valence-electron chi connectivity index (χ2n) is 4.94. The van der Waals surface area contributed by atoms with Crippen molar-refractivity contribution in [1.29, 1.82) is 5.26 Å². The van der Waals surface area contributed by atoms with Crippen LogP contribution in [0.2, 0.25) is 0 Å². The van der Waals surface area contributed by atoms with Crippen molar-refractivity contribution in [3.63, 3.8) is 0 Å². The maximum atomic E-state index is 11.6. The highest BCUT2D eigenvalue weighted by Gasteiger charge is 2.53. The van der Waals surface area contributed by atoms with Crippen molar-refractivity contribution in [3.05, 3.63) is 0 Å². The lowest BCUT2D eigenvalue weighted by Crippen LogP contribution is -2.44. The third-order valence-electron chi connectivity index (χ3n) is 4.14. The molecule has 1 N–H and O–H groups in total. The predicted molar refractivity (Wildman–Crippen MR) is 60.5 cm³/mol. The molecule has 0 bridgehead atoms. The van der Waals surface area contributed by atoms with Crippen molar-refractivity contribution in [2.45, 2.75) is 25.3 Å². The van der Waals surface area contributed by atoms with Crippen LogP contribution < -0.4 is 0 Å². The number of carbonyl (C=O) groups is 2. The van der Waals surface area contributed by atoms with Gasteiger partial charge in [-0.25, -0.2) is 9.59 Å². The second-order valence-corrected chi connectivity index (χ2v) is 4.94. The quantitative estimate of drug-likeness (QED) is 0.794. The fourth-order valence-corrected chi connectivity index (χ4v) is 3.46. The zero-order chi connectivity index (χ0) is 13.3. The molecule has 0 aromatic carbocycles. The van der Waals surface area contributed by atoms with Gasteiger partial charge in [0.05, 0.1) is 13.2 Å². The van der Waals surface area contributed by atoms with E-state index in [4.69, 9.17) is 5.26 Å². The average Bonchev–Trinajstić information content (AvgIpc) is 2.88. The van der Waals surface area contributed by atoms with Crippen LogP contribution in [0.5, 0.6) is 0 Å². The number of carbonyl (C=O) groups excluding carboxylic acids is 1. The Labute approximate surface area is 105 Å². The van der Waals surface area contributed by atoms with Gasteiger partial charge in [-0.3, -0.25) is 4.90 Å². The Morgan fingerprint density at radius 3 is 2.78 bits per heavy atom. The minimum Gasteiger partial charge on any atom is -0.480 e. The second kappa shape index (κ2) is 4.84. The summed E-state index contributed by atoms with van der Waals surface area (Å²) in [6.07, 6.45) is 1.53. The summed E-state index contributed by atoms with van der Waals surface area (Å²) in [6.45, 7) is 0.427. The number of carboxylic acids is 1. The van der Waals surface area contributed by atoms with Crippen LogP contribution in [0, 0.1) is 29.1 Å². The van der Waals surface area contributed by atoms with E-state index in [1.165, 1.54) is 12.0 Å².